The van der Waals surface area contributed by atoms with Crippen molar-refractivity contribution < 1.29 is 14.3 Å². The zero-order valence-electron chi connectivity index (χ0n) is 14.2. The highest BCUT2D eigenvalue weighted by molar-refractivity contribution is 6.17. The van der Waals surface area contributed by atoms with Gasteiger partial charge < -0.3 is 14.6 Å². The van der Waals surface area contributed by atoms with Crippen LogP contribution >= 0.6 is 11.6 Å². The van der Waals surface area contributed by atoms with Crippen molar-refractivity contribution in [2.45, 2.75) is 13.5 Å². The Hall–Kier alpha value is -2.86. The number of hydrogen-bond acceptors (Lipinski definition) is 4. The van der Waals surface area contributed by atoms with Crippen LogP contribution in [0.4, 0.5) is 5.69 Å². The maximum atomic E-state index is 12.5. The highest BCUT2D eigenvalue weighted by Crippen LogP contribution is 2.18. The predicted molar refractivity (Wildman–Crippen MR) is 101 cm³/mol. The number of aryl methyl sites for hydroxylation is 1. The van der Waals surface area contributed by atoms with Crippen LogP contribution in [-0.4, -0.2) is 33.9 Å². The third-order valence-corrected chi connectivity index (χ3v) is 4.00. The summed E-state index contributed by atoms with van der Waals surface area (Å²) in [6.07, 6.45) is 3.32. The SMILES string of the molecule is CCOC(=O)c1cc(NC(=O)c2cc3ccccc3cn2)cn1CCCl. The van der Waals surface area contributed by atoms with E-state index in [1.807, 2.05) is 24.3 Å². The minimum Gasteiger partial charge on any atom is -0.461 e. The second-order valence-corrected chi connectivity index (χ2v) is 5.97. The molecule has 0 aliphatic rings. The van der Waals surface area contributed by atoms with Crippen LogP contribution in [0.15, 0.2) is 48.8 Å². The lowest BCUT2D eigenvalue weighted by molar-refractivity contribution is 0.0514. The summed E-state index contributed by atoms with van der Waals surface area (Å²) in [6.45, 7) is 2.44. The molecule has 2 aromatic heterocycles. The largest absolute Gasteiger partial charge is 0.461 e. The zero-order valence-corrected chi connectivity index (χ0v) is 15.0. The molecule has 3 rings (SSSR count). The standard InChI is InChI=1S/C19H18ClN3O3/c1-2-26-19(25)17-10-15(12-23(17)8-7-20)22-18(24)16-9-13-5-3-4-6-14(13)11-21-16/h3-6,9-12H,2,7-8H2,1H3,(H,22,24). The fourth-order valence-corrected chi connectivity index (χ4v) is 2.82. The molecule has 2 heterocycles. The van der Waals surface area contributed by atoms with Gasteiger partial charge in [0.05, 0.1) is 12.3 Å². The molecule has 134 valence electrons. The van der Waals surface area contributed by atoms with E-state index >= 15 is 0 Å². The molecule has 1 amide bonds. The van der Waals surface area contributed by atoms with Crippen LogP contribution in [0.5, 0.6) is 0 Å². The molecule has 0 saturated heterocycles. The number of aromatic nitrogens is 2. The van der Waals surface area contributed by atoms with Gasteiger partial charge in [0.1, 0.15) is 11.4 Å². The predicted octanol–water partition coefficient (Wildman–Crippen LogP) is 3.70. The number of benzene rings is 1. The van der Waals surface area contributed by atoms with Crippen LogP contribution < -0.4 is 5.32 Å². The smallest absolute Gasteiger partial charge is 0.355 e. The third-order valence-electron chi connectivity index (χ3n) is 3.83. The van der Waals surface area contributed by atoms with E-state index in [0.717, 1.165) is 10.8 Å². The van der Waals surface area contributed by atoms with Crippen molar-refractivity contribution in [3.8, 4) is 0 Å². The van der Waals surface area contributed by atoms with Crippen LogP contribution in [-0.2, 0) is 11.3 Å². The second kappa shape index (κ2) is 8.01. The summed E-state index contributed by atoms with van der Waals surface area (Å²) in [4.78, 5) is 28.8. The summed E-state index contributed by atoms with van der Waals surface area (Å²) in [5, 5.41) is 4.66. The Bertz CT molecular complexity index is 952. The monoisotopic (exact) mass is 371 g/mol. The molecule has 1 N–H and O–H groups in total. The first-order chi connectivity index (χ1) is 12.6. The van der Waals surface area contributed by atoms with E-state index < -0.39 is 5.97 Å². The number of ether oxygens (including phenoxy) is 1. The molecule has 0 spiro atoms. The molecule has 6 nitrogen and oxygen atoms in total. The number of hydrogen-bond donors (Lipinski definition) is 1. The van der Waals surface area contributed by atoms with E-state index in [1.165, 1.54) is 0 Å². The quantitative estimate of drug-likeness (QED) is 0.529. The van der Waals surface area contributed by atoms with Crippen LogP contribution in [0.25, 0.3) is 10.8 Å². The summed E-state index contributed by atoms with van der Waals surface area (Å²) < 4.78 is 6.70. The van der Waals surface area contributed by atoms with Gasteiger partial charge in [-0.2, -0.15) is 0 Å². The minimum atomic E-state index is -0.457. The highest BCUT2D eigenvalue weighted by Gasteiger charge is 2.17. The van der Waals surface area contributed by atoms with Crippen LogP contribution in [0, 0.1) is 0 Å². The molecule has 1 aromatic carbocycles. The van der Waals surface area contributed by atoms with E-state index in [1.54, 1.807) is 36.0 Å². The molecule has 0 unspecified atom stereocenters. The van der Waals surface area contributed by atoms with E-state index in [9.17, 15) is 9.59 Å². The van der Waals surface area contributed by atoms with Crippen molar-refractivity contribution in [3.63, 3.8) is 0 Å². The first kappa shape index (κ1) is 17.9. The maximum absolute atomic E-state index is 12.5. The van der Waals surface area contributed by atoms with E-state index in [0.29, 0.717) is 29.5 Å². The van der Waals surface area contributed by atoms with Gasteiger partial charge in [0, 0.05) is 30.2 Å². The van der Waals surface area contributed by atoms with Gasteiger partial charge in [-0.1, -0.05) is 24.3 Å². The fraction of sp³-hybridized carbons (Fsp3) is 0.211. The van der Waals surface area contributed by atoms with Gasteiger partial charge in [-0.15, -0.1) is 11.6 Å². The number of halogens is 1. The third kappa shape index (κ3) is 3.86. The zero-order chi connectivity index (χ0) is 18.5. The number of esters is 1. The lowest BCUT2D eigenvalue weighted by Gasteiger charge is -2.05. The molecule has 0 radical (unpaired) electrons. The Balaban J connectivity index is 1.83. The van der Waals surface area contributed by atoms with E-state index in [4.69, 9.17) is 16.3 Å². The van der Waals surface area contributed by atoms with E-state index in [2.05, 4.69) is 10.3 Å². The summed E-state index contributed by atoms with van der Waals surface area (Å²) in [5.74, 6) is -0.475. The lowest BCUT2D eigenvalue weighted by atomic mass is 10.1. The Morgan fingerprint density at radius 3 is 2.73 bits per heavy atom. The molecule has 7 heteroatoms. The highest BCUT2D eigenvalue weighted by atomic mass is 35.5. The number of anilines is 1. The average molecular weight is 372 g/mol. The summed E-state index contributed by atoms with van der Waals surface area (Å²) in [6, 6.07) is 11.0. The number of carbonyl (C=O) groups is 2. The molecule has 26 heavy (non-hydrogen) atoms. The van der Waals surface area contributed by atoms with Gasteiger partial charge in [-0.25, -0.2) is 4.79 Å². The molecule has 0 atom stereocenters. The van der Waals surface area contributed by atoms with Crippen molar-refractivity contribution in [2.75, 3.05) is 17.8 Å². The Morgan fingerprint density at radius 2 is 2.00 bits per heavy atom. The molecule has 0 aliphatic carbocycles. The number of nitrogens with one attached hydrogen (secondary N) is 1. The number of pyridine rings is 1. The number of amides is 1. The van der Waals surface area contributed by atoms with Gasteiger partial charge >= 0.3 is 5.97 Å². The molecule has 0 fully saturated rings. The molecule has 3 aromatic rings. The van der Waals surface area contributed by atoms with Gasteiger partial charge in [0.25, 0.3) is 5.91 Å². The lowest BCUT2D eigenvalue weighted by Crippen LogP contribution is -2.13. The second-order valence-electron chi connectivity index (χ2n) is 5.59. The van der Waals surface area contributed by atoms with Crippen molar-refractivity contribution >= 4 is 39.9 Å². The summed E-state index contributed by atoms with van der Waals surface area (Å²) >= 11 is 5.79. The Labute approximate surface area is 155 Å². The Morgan fingerprint density at radius 1 is 1.23 bits per heavy atom. The van der Waals surface area contributed by atoms with Crippen molar-refractivity contribution in [1.29, 1.82) is 0 Å². The van der Waals surface area contributed by atoms with E-state index in [-0.39, 0.29) is 12.5 Å². The normalized spacial score (nSPS) is 10.7. The van der Waals surface area contributed by atoms with Crippen molar-refractivity contribution in [2.24, 2.45) is 0 Å². The van der Waals surface area contributed by atoms with Crippen LogP contribution in [0.2, 0.25) is 0 Å². The van der Waals surface area contributed by atoms with Gasteiger partial charge in [0.2, 0.25) is 0 Å². The molecule has 0 bridgehead atoms. The number of nitrogens with zero attached hydrogens (tertiary/aromatic N) is 2. The van der Waals surface area contributed by atoms with Gasteiger partial charge in [-0.05, 0) is 24.4 Å². The Kier molecular flexibility index (Phi) is 5.53. The van der Waals surface area contributed by atoms with Crippen LogP contribution in [0.1, 0.15) is 27.9 Å². The summed E-state index contributed by atoms with van der Waals surface area (Å²) in [5.41, 5.74) is 1.12. The molecular weight excluding hydrogens is 354 g/mol. The topological polar surface area (TPSA) is 73.2 Å². The molecule has 0 saturated carbocycles. The first-order valence-corrected chi connectivity index (χ1v) is 8.75. The van der Waals surface area contributed by atoms with Gasteiger partial charge in [0.15, 0.2) is 0 Å². The van der Waals surface area contributed by atoms with Gasteiger partial charge in [-0.3, -0.25) is 9.78 Å². The molecule has 0 aliphatic heterocycles. The maximum Gasteiger partial charge on any atom is 0.355 e. The number of carbonyl (C=O) groups excluding carboxylic acids is 2. The van der Waals surface area contributed by atoms with Crippen LogP contribution in [0.3, 0.4) is 0 Å². The fourth-order valence-electron chi connectivity index (χ4n) is 2.63. The first-order valence-electron chi connectivity index (χ1n) is 8.21. The van der Waals surface area contributed by atoms with Crippen molar-refractivity contribution in [3.05, 3.63) is 60.2 Å². The molecular formula is C19H18ClN3O3. The number of rotatable bonds is 6. The number of fused-ring (bicyclic) bond motifs is 1. The average Bonchev–Trinajstić information content (AvgIpc) is 3.04. The van der Waals surface area contributed by atoms with Crippen molar-refractivity contribution in [1.82, 2.24) is 9.55 Å². The summed E-state index contributed by atoms with van der Waals surface area (Å²) in [7, 11) is 0. The minimum absolute atomic E-state index is 0.271. The number of alkyl halides is 1.